The zero-order valence-corrected chi connectivity index (χ0v) is 8.77. The van der Waals surface area contributed by atoms with E-state index < -0.39 is 0 Å². The molecule has 0 spiro atoms. The lowest BCUT2D eigenvalue weighted by atomic mass is 10.3. The van der Waals surface area contributed by atoms with Gasteiger partial charge >= 0.3 is 6.01 Å². The van der Waals surface area contributed by atoms with E-state index in [1.165, 1.54) is 0 Å². The fraction of sp³-hybridized carbons (Fsp3) is 0.200. The zero-order chi connectivity index (χ0) is 11.4. The van der Waals surface area contributed by atoms with Crippen LogP contribution >= 0.6 is 0 Å². The number of phenols is 1. The molecule has 0 saturated carbocycles. The van der Waals surface area contributed by atoms with E-state index in [1.807, 2.05) is 0 Å². The van der Waals surface area contributed by atoms with E-state index in [9.17, 15) is 5.11 Å². The average molecular weight is 220 g/mol. The van der Waals surface area contributed by atoms with E-state index in [1.54, 1.807) is 31.3 Å². The number of phenolic OH excluding ortho intramolecular Hbond substituents is 1. The highest BCUT2D eigenvalue weighted by atomic mass is 16.4. The van der Waals surface area contributed by atoms with Crippen LogP contribution in [0.5, 0.6) is 5.75 Å². The smallest absolute Gasteiger partial charge is 0.320 e. The van der Waals surface area contributed by atoms with Crippen molar-refractivity contribution in [2.24, 2.45) is 0 Å². The fourth-order valence-electron chi connectivity index (χ4n) is 1.22. The number of anilines is 2. The van der Waals surface area contributed by atoms with Crippen LogP contribution in [0.3, 0.4) is 0 Å². The summed E-state index contributed by atoms with van der Waals surface area (Å²) in [5, 5.41) is 22.9. The van der Waals surface area contributed by atoms with E-state index in [2.05, 4.69) is 20.8 Å². The molecule has 0 fully saturated rings. The Kier molecular flexibility index (Phi) is 3.02. The molecule has 0 bridgehead atoms. The highest BCUT2D eigenvalue weighted by Crippen LogP contribution is 2.24. The van der Waals surface area contributed by atoms with Crippen LogP contribution in [0.4, 0.5) is 11.7 Å². The molecule has 0 amide bonds. The van der Waals surface area contributed by atoms with Crippen LogP contribution in [0, 0.1) is 0 Å². The SMILES string of the molecule is CNCc1nnc(Nc2ccccc2O)o1. The van der Waals surface area contributed by atoms with Crippen LogP contribution in [0.25, 0.3) is 0 Å². The van der Waals surface area contributed by atoms with Crippen molar-refractivity contribution in [3.05, 3.63) is 30.2 Å². The molecule has 2 rings (SSSR count). The Morgan fingerprint density at radius 1 is 1.31 bits per heavy atom. The first-order valence-electron chi connectivity index (χ1n) is 4.81. The first-order chi connectivity index (χ1) is 7.79. The lowest BCUT2D eigenvalue weighted by Crippen LogP contribution is -2.04. The summed E-state index contributed by atoms with van der Waals surface area (Å²) >= 11 is 0. The second-order valence-electron chi connectivity index (χ2n) is 3.17. The summed E-state index contributed by atoms with van der Waals surface area (Å²) in [7, 11) is 1.79. The standard InChI is InChI=1S/C10H12N4O2/c1-11-6-9-13-14-10(16-9)12-7-4-2-3-5-8(7)15/h2-5,11,15H,6H2,1H3,(H,12,14). The molecule has 2 aromatic rings. The van der Waals surface area contributed by atoms with Crippen molar-refractivity contribution in [2.45, 2.75) is 6.54 Å². The number of hydrogen-bond acceptors (Lipinski definition) is 6. The number of aromatic hydroxyl groups is 1. The van der Waals surface area contributed by atoms with E-state index in [4.69, 9.17) is 4.42 Å². The summed E-state index contributed by atoms with van der Waals surface area (Å²) in [5.74, 6) is 0.622. The zero-order valence-electron chi connectivity index (χ0n) is 8.77. The Labute approximate surface area is 92.3 Å². The maximum atomic E-state index is 9.52. The molecular formula is C10H12N4O2. The molecule has 84 valence electrons. The predicted molar refractivity (Wildman–Crippen MR) is 58.5 cm³/mol. The summed E-state index contributed by atoms with van der Waals surface area (Å²) < 4.78 is 5.28. The summed E-state index contributed by atoms with van der Waals surface area (Å²) in [4.78, 5) is 0. The number of para-hydroxylation sites is 2. The number of benzene rings is 1. The summed E-state index contributed by atoms with van der Waals surface area (Å²) in [5.41, 5.74) is 0.530. The highest BCUT2D eigenvalue weighted by Gasteiger charge is 2.06. The van der Waals surface area contributed by atoms with Gasteiger partial charge in [-0.1, -0.05) is 17.2 Å². The van der Waals surface area contributed by atoms with E-state index in [0.717, 1.165) is 0 Å². The van der Waals surface area contributed by atoms with E-state index in [0.29, 0.717) is 18.1 Å². The van der Waals surface area contributed by atoms with Crippen LogP contribution in [0.15, 0.2) is 28.7 Å². The molecule has 6 heteroatoms. The Hall–Kier alpha value is -2.08. The van der Waals surface area contributed by atoms with Gasteiger partial charge in [0.25, 0.3) is 0 Å². The van der Waals surface area contributed by atoms with Crippen molar-refractivity contribution in [3.63, 3.8) is 0 Å². The molecule has 0 saturated heterocycles. The fourth-order valence-corrected chi connectivity index (χ4v) is 1.22. The minimum absolute atomic E-state index is 0.135. The highest BCUT2D eigenvalue weighted by molar-refractivity contribution is 5.60. The van der Waals surface area contributed by atoms with Gasteiger partial charge in [-0.25, -0.2) is 0 Å². The summed E-state index contributed by atoms with van der Waals surface area (Å²) in [6, 6.07) is 7.09. The van der Waals surface area contributed by atoms with Crippen molar-refractivity contribution in [3.8, 4) is 5.75 Å². The van der Waals surface area contributed by atoms with Gasteiger partial charge in [-0.3, -0.25) is 0 Å². The third-order valence-electron chi connectivity index (χ3n) is 1.94. The Morgan fingerprint density at radius 2 is 2.12 bits per heavy atom. The van der Waals surface area contributed by atoms with Crippen molar-refractivity contribution >= 4 is 11.7 Å². The minimum Gasteiger partial charge on any atom is -0.506 e. The molecule has 1 heterocycles. The summed E-state index contributed by atoms with van der Waals surface area (Å²) in [6.45, 7) is 0.509. The first-order valence-corrected chi connectivity index (χ1v) is 4.81. The molecule has 0 aliphatic heterocycles. The van der Waals surface area contributed by atoms with Gasteiger partial charge in [-0.2, -0.15) is 0 Å². The van der Waals surface area contributed by atoms with Gasteiger partial charge in [-0.05, 0) is 19.2 Å². The van der Waals surface area contributed by atoms with Crippen LogP contribution < -0.4 is 10.6 Å². The van der Waals surface area contributed by atoms with Gasteiger partial charge in [0.05, 0.1) is 12.2 Å². The monoisotopic (exact) mass is 220 g/mol. The van der Waals surface area contributed by atoms with Gasteiger partial charge in [-0.15, -0.1) is 5.10 Å². The first kappa shape index (κ1) is 10.4. The topological polar surface area (TPSA) is 83.2 Å². The summed E-state index contributed by atoms with van der Waals surface area (Å²) in [6.07, 6.45) is 0. The molecule has 16 heavy (non-hydrogen) atoms. The van der Waals surface area contributed by atoms with Crippen molar-refractivity contribution in [1.29, 1.82) is 0 Å². The van der Waals surface area contributed by atoms with Crippen molar-refractivity contribution < 1.29 is 9.52 Å². The molecule has 0 atom stereocenters. The Morgan fingerprint density at radius 3 is 2.88 bits per heavy atom. The number of nitrogens with one attached hydrogen (secondary N) is 2. The Balaban J connectivity index is 2.11. The number of hydrogen-bond donors (Lipinski definition) is 3. The van der Waals surface area contributed by atoms with Gasteiger partial charge in [0, 0.05) is 0 Å². The number of rotatable bonds is 4. The van der Waals surface area contributed by atoms with Crippen LogP contribution in [0.1, 0.15) is 5.89 Å². The maximum absolute atomic E-state index is 9.52. The lowest BCUT2D eigenvalue weighted by molar-refractivity contribution is 0.474. The van der Waals surface area contributed by atoms with Gasteiger partial charge < -0.3 is 20.2 Å². The Bertz CT molecular complexity index is 469. The van der Waals surface area contributed by atoms with Crippen LogP contribution in [0.2, 0.25) is 0 Å². The van der Waals surface area contributed by atoms with Crippen LogP contribution in [-0.2, 0) is 6.54 Å². The van der Waals surface area contributed by atoms with E-state index in [-0.39, 0.29) is 11.8 Å². The third-order valence-corrected chi connectivity index (χ3v) is 1.94. The quantitative estimate of drug-likeness (QED) is 0.672. The molecule has 6 nitrogen and oxygen atoms in total. The average Bonchev–Trinajstić information content (AvgIpc) is 2.70. The molecule has 0 aliphatic rings. The molecule has 1 aromatic carbocycles. The van der Waals surface area contributed by atoms with E-state index >= 15 is 0 Å². The van der Waals surface area contributed by atoms with Gasteiger partial charge in [0.15, 0.2) is 0 Å². The molecular weight excluding hydrogens is 208 g/mol. The van der Waals surface area contributed by atoms with Gasteiger partial charge in [0.1, 0.15) is 5.75 Å². The van der Waals surface area contributed by atoms with Crippen molar-refractivity contribution in [2.75, 3.05) is 12.4 Å². The number of aromatic nitrogens is 2. The van der Waals surface area contributed by atoms with Gasteiger partial charge in [0.2, 0.25) is 5.89 Å². The molecule has 0 aliphatic carbocycles. The van der Waals surface area contributed by atoms with Crippen molar-refractivity contribution in [1.82, 2.24) is 15.5 Å². The third kappa shape index (κ3) is 2.29. The molecule has 1 aromatic heterocycles. The maximum Gasteiger partial charge on any atom is 0.320 e. The minimum atomic E-state index is 0.135. The second-order valence-corrected chi connectivity index (χ2v) is 3.17. The largest absolute Gasteiger partial charge is 0.506 e. The normalized spacial score (nSPS) is 10.3. The molecule has 0 unspecified atom stereocenters. The molecule has 3 N–H and O–H groups in total. The second kappa shape index (κ2) is 4.63. The molecule has 0 radical (unpaired) electrons. The van der Waals surface area contributed by atoms with Crippen LogP contribution in [-0.4, -0.2) is 22.4 Å². The lowest BCUT2D eigenvalue weighted by Gasteiger charge is -2.02. The predicted octanol–water partition coefficient (Wildman–Crippen LogP) is 1.24. The number of nitrogens with zero attached hydrogens (tertiary/aromatic N) is 2.